The molecule has 0 aromatic heterocycles. The zero-order valence-corrected chi connectivity index (χ0v) is 13.4. The Bertz CT molecular complexity index is 268. The minimum Gasteiger partial charge on any atom is -0.443 e. The minimum absolute atomic E-state index is 0.396. The summed E-state index contributed by atoms with van der Waals surface area (Å²) in [5, 5.41) is 8.32. The fraction of sp³-hybridized carbons (Fsp3) is 0.818. The average molecular weight is 370 g/mol. The molecule has 0 aromatic rings. The molecule has 0 saturated heterocycles. The van der Waals surface area contributed by atoms with Gasteiger partial charge >= 0.3 is 6.09 Å². The van der Waals surface area contributed by atoms with Gasteiger partial charge in [0.15, 0.2) is 0 Å². The standard InChI is InChI=1S/C6H9N.C5H10INO2S/c7-5-6-3-1-2-4-6;1-5(2,3)9-4(8)7-10-6/h6H,1-4H2;1-3H3,(H,7,8). The van der Waals surface area contributed by atoms with Gasteiger partial charge in [-0.25, -0.2) is 4.79 Å². The van der Waals surface area contributed by atoms with Crippen molar-refractivity contribution in [3.63, 3.8) is 0 Å². The van der Waals surface area contributed by atoms with Crippen LogP contribution in [0.2, 0.25) is 0 Å². The maximum Gasteiger partial charge on any atom is 0.418 e. The van der Waals surface area contributed by atoms with Gasteiger partial charge < -0.3 is 4.74 Å². The van der Waals surface area contributed by atoms with Crippen LogP contribution in [0.25, 0.3) is 0 Å². The molecule has 0 aliphatic heterocycles. The zero-order chi connectivity index (χ0) is 13.3. The van der Waals surface area contributed by atoms with Gasteiger partial charge in [-0.1, -0.05) is 12.8 Å². The van der Waals surface area contributed by atoms with E-state index in [1.807, 2.05) is 42.0 Å². The molecule has 17 heavy (non-hydrogen) atoms. The van der Waals surface area contributed by atoms with E-state index >= 15 is 0 Å². The summed E-state index contributed by atoms with van der Waals surface area (Å²) in [5.74, 6) is 0.403. The summed E-state index contributed by atoms with van der Waals surface area (Å²) in [4.78, 5) is 10.7. The first-order valence-electron chi connectivity index (χ1n) is 5.55. The topological polar surface area (TPSA) is 62.1 Å². The first-order chi connectivity index (χ1) is 7.89. The van der Waals surface area contributed by atoms with Crippen molar-refractivity contribution in [1.82, 2.24) is 4.72 Å². The molecular formula is C11H19IN2O2S. The summed E-state index contributed by atoms with van der Waals surface area (Å²) >= 11 is 1.96. The van der Waals surface area contributed by atoms with Crippen LogP contribution in [0, 0.1) is 17.2 Å². The predicted molar refractivity (Wildman–Crippen MR) is 78.6 cm³/mol. The number of nitrogens with one attached hydrogen (secondary N) is 1. The van der Waals surface area contributed by atoms with Crippen LogP contribution in [-0.2, 0) is 4.74 Å². The summed E-state index contributed by atoms with van der Waals surface area (Å²) in [7, 11) is 1.20. The first-order valence-corrected chi connectivity index (χ1v) is 8.91. The van der Waals surface area contributed by atoms with Gasteiger partial charge in [-0.2, -0.15) is 5.26 Å². The van der Waals surface area contributed by atoms with Crippen LogP contribution in [0.4, 0.5) is 4.79 Å². The van der Waals surface area contributed by atoms with E-state index in [4.69, 9.17) is 10.00 Å². The number of amides is 1. The average Bonchev–Trinajstić information content (AvgIpc) is 2.68. The number of hydrogen-bond donors (Lipinski definition) is 1. The van der Waals surface area contributed by atoms with E-state index in [0.29, 0.717) is 5.92 Å². The quantitative estimate of drug-likeness (QED) is 0.555. The monoisotopic (exact) mass is 370 g/mol. The van der Waals surface area contributed by atoms with Gasteiger partial charge in [-0.15, -0.1) is 0 Å². The number of carbonyl (C=O) groups is 1. The van der Waals surface area contributed by atoms with Crippen molar-refractivity contribution in [3.05, 3.63) is 0 Å². The number of rotatable bonds is 1. The summed E-state index contributed by atoms with van der Waals surface area (Å²) in [6.45, 7) is 5.47. The second kappa shape index (κ2) is 8.86. The molecule has 0 aromatic carbocycles. The zero-order valence-electron chi connectivity index (χ0n) is 10.5. The van der Waals surface area contributed by atoms with Crippen molar-refractivity contribution in [2.75, 3.05) is 0 Å². The van der Waals surface area contributed by atoms with E-state index in [2.05, 4.69) is 10.8 Å². The molecule has 1 N–H and O–H groups in total. The van der Waals surface area contributed by atoms with Crippen LogP contribution in [0.1, 0.15) is 46.5 Å². The van der Waals surface area contributed by atoms with Crippen molar-refractivity contribution < 1.29 is 9.53 Å². The molecular weight excluding hydrogens is 351 g/mol. The molecule has 0 atom stereocenters. The molecule has 98 valence electrons. The summed E-state index contributed by atoms with van der Waals surface area (Å²) in [6.07, 6.45) is 4.45. The van der Waals surface area contributed by atoms with Gasteiger partial charge in [0.2, 0.25) is 0 Å². The fourth-order valence-electron chi connectivity index (χ4n) is 1.39. The third kappa shape index (κ3) is 10.7. The number of nitriles is 1. The Kier molecular flexibility index (Phi) is 8.78. The van der Waals surface area contributed by atoms with Crippen LogP contribution >= 0.6 is 30.3 Å². The lowest BCUT2D eigenvalue weighted by atomic mass is 10.1. The molecule has 1 aliphatic rings. The third-order valence-corrected chi connectivity index (χ3v) is 2.96. The molecule has 1 aliphatic carbocycles. The maximum absolute atomic E-state index is 10.7. The third-order valence-electron chi connectivity index (χ3n) is 2.06. The van der Waals surface area contributed by atoms with Gasteiger partial charge in [0.25, 0.3) is 0 Å². The number of ether oxygens (including phenoxy) is 1. The van der Waals surface area contributed by atoms with E-state index in [1.54, 1.807) is 0 Å². The van der Waals surface area contributed by atoms with Crippen LogP contribution in [0.15, 0.2) is 0 Å². The minimum atomic E-state index is -0.406. The van der Waals surface area contributed by atoms with E-state index in [1.165, 1.54) is 22.0 Å². The van der Waals surface area contributed by atoms with Crippen molar-refractivity contribution in [2.24, 2.45) is 5.92 Å². The molecule has 1 saturated carbocycles. The van der Waals surface area contributed by atoms with E-state index in [-0.39, 0.29) is 0 Å². The molecule has 0 bridgehead atoms. The van der Waals surface area contributed by atoms with Gasteiger partial charge in [-0.05, 0) is 33.6 Å². The maximum atomic E-state index is 10.7. The Morgan fingerprint density at radius 2 is 2.00 bits per heavy atom. The van der Waals surface area contributed by atoms with Crippen molar-refractivity contribution in [3.8, 4) is 6.07 Å². The molecule has 0 spiro atoms. The first kappa shape index (κ1) is 16.8. The highest BCUT2D eigenvalue weighted by molar-refractivity contribution is 14.2. The molecule has 1 rings (SSSR count). The summed E-state index contributed by atoms with van der Waals surface area (Å²) in [6, 6.07) is 2.26. The van der Waals surface area contributed by atoms with E-state index < -0.39 is 11.7 Å². The van der Waals surface area contributed by atoms with Gasteiger partial charge in [0.05, 0.1) is 6.07 Å². The molecule has 0 unspecified atom stereocenters. The highest BCUT2D eigenvalue weighted by Gasteiger charge is 2.15. The highest BCUT2D eigenvalue weighted by atomic mass is 127. The molecule has 4 nitrogen and oxygen atoms in total. The number of carbonyl (C=O) groups excluding carboxylic acids is 1. The van der Waals surface area contributed by atoms with Gasteiger partial charge in [0, 0.05) is 36.2 Å². The predicted octanol–water partition coefficient (Wildman–Crippen LogP) is 4.21. The fourth-order valence-corrected chi connectivity index (χ4v) is 2.03. The Hall–Kier alpha value is -0.160. The second-order valence-corrected chi connectivity index (χ2v) is 6.47. The summed E-state index contributed by atoms with van der Waals surface area (Å²) in [5.41, 5.74) is -0.406. The van der Waals surface area contributed by atoms with E-state index in [0.717, 1.165) is 12.8 Å². The Labute approximate surface area is 120 Å². The van der Waals surface area contributed by atoms with Crippen molar-refractivity contribution >= 4 is 36.4 Å². The Balaban J connectivity index is 0.000000318. The molecule has 1 amide bonds. The Morgan fingerprint density at radius 1 is 1.47 bits per heavy atom. The molecule has 6 heteroatoms. The lowest BCUT2D eigenvalue weighted by molar-refractivity contribution is 0.0575. The summed E-state index contributed by atoms with van der Waals surface area (Å²) < 4.78 is 7.35. The van der Waals surface area contributed by atoms with Crippen molar-refractivity contribution in [1.29, 1.82) is 5.26 Å². The number of halogens is 1. The van der Waals surface area contributed by atoms with Gasteiger partial charge in [-0.3, -0.25) is 4.72 Å². The number of nitrogens with zero attached hydrogens (tertiary/aromatic N) is 1. The second-order valence-electron chi connectivity index (χ2n) is 4.79. The molecule has 1 fully saturated rings. The largest absolute Gasteiger partial charge is 0.443 e. The normalized spacial score (nSPS) is 15.5. The van der Waals surface area contributed by atoms with E-state index in [9.17, 15) is 4.79 Å². The lowest BCUT2D eigenvalue weighted by Gasteiger charge is -2.18. The van der Waals surface area contributed by atoms with Crippen molar-refractivity contribution in [2.45, 2.75) is 52.1 Å². The molecule has 0 heterocycles. The molecule has 0 radical (unpaired) electrons. The van der Waals surface area contributed by atoms with Crippen LogP contribution in [0.3, 0.4) is 0 Å². The lowest BCUT2D eigenvalue weighted by Crippen LogP contribution is -2.28. The smallest absolute Gasteiger partial charge is 0.418 e. The highest BCUT2D eigenvalue weighted by Crippen LogP contribution is 2.23. The van der Waals surface area contributed by atoms with Crippen LogP contribution < -0.4 is 4.72 Å². The Morgan fingerprint density at radius 3 is 2.29 bits per heavy atom. The van der Waals surface area contributed by atoms with Crippen LogP contribution in [-0.4, -0.2) is 11.7 Å². The number of hydrogen-bond acceptors (Lipinski definition) is 4. The van der Waals surface area contributed by atoms with Crippen LogP contribution in [0.5, 0.6) is 0 Å². The van der Waals surface area contributed by atoms with Gasteiger partial charge in [0.1, 0.15) is 5.60 Å². The SMILES string of the molecule is CC(C)(C)OC(=O)NSI.N#CC1CCCC1.